The fraction of sp³-hybridized carbons (Fsp3) is 0. The minimum absolute atomic E-state index is 0.303. The van der Waals surface area contributed by atoms with E-state index in [0.717, 1.165) is 27.4 Å². The predicted molar refractivity (Wildman–Crippen MR) is 112 cm³/mol. The van der Waals surface area contributed by atoms with Crippen molar-refractivity contribution in [3.63, 3.8) is 0 Å². The Hall–Kier alpha value is -3.18. The number of nitrogens with zero attached hydrogens (tertiary/aromatic N) is 1. The number of halogens is 2. The monoisotopic (exact) mass is 390 g/mol. The Labute approximate surface area is 167 Å². The zero-order valence-corrected chi connectivity index (χ0v) is 15.6. The first-order chi connectivity index (χ1) is 13.6. The SMILES string of the molecule is Fc1ccc(-c2cc(Nc3cccc(S)c3)cc(-c3ccc(F)cc3)n2)cc1. The molecule has 0 unspecified atom stereocenters. The van der Waals surface area contributed by atoms with Gasteiger partial charge in [0.05, 0.1) is 11.4 Å². The lowest BCUT2D eigenvalue weighted by atomic mass is 10.1. The quantitative estimate of drug-likeness (QED) is 0.378. The average Bonchev–Trinajstić information content (AvgIpc) is 2.69. The molecule has 0 fully saturated rings. The number of hydrogen-bond acceptors (Lipinski definition) is 3. The lowest BCUT2D eigenvalue weighted by Gasteiger charge is -2.12. The molecule has 1 N–H and O–H groups in total. The molecule has 0 aliphatic rings. The third-order valence-corrected chi connectivity index (χ3v) is 4.52. The van der Waals surface area contributed by atoms with E-state index in [1.54, 1.807) is 24.3 Å². The number of aromatic nitrogens is 1. The summed E-state index contributed by atoms with van der Waals surface area (Å²) in [6, 6.07) is 23.8. The molecular weight excluding hydrogens is 374 g/mol. The van der Waals surface area contributed by atoms with Gasteiger partial charge in [-0.05, 0) is 78.9 Å². The van der Waals surface area contributed by atoms with E-state index in [2.05, 4.69) is 17.9 Å². The molecule has 0 saturated heterocycles. The Bertz CT molecular complexity index is 1050. The van der Waals surface area contributed by atoms with Crippen LogP contribution < -0.4 is 5.32 Å². The van der Waals surface area contributed by atoms with Gasteiger partial charge in [0.15, 0.2) is 0 Å². The van der Waals surface area contributed by atoms with Gasteiger partial charge in [-0.15, -0.1) is 12.6 Å². The van der Waals surface area contributed by atoms with Crippen LogP contribution in [0.2, 0.25) is 0 Å². The Morgan fingerprint density at radius 2 is 1.18 bits per heavy atom. The second kappa shape index (κ2) is 7.82. The van der Waals surface area contributed by atoms with Gasteiger partial charge >= 0.3 is 0 Å². The Kier molecular flexibility index (Phi) is 5.08. The van der Waals surface area contributed by atoms with E-state index in [1.807, 2.05) is 36.4 Å². The molecule has 0 saturated carbocycles. The van der Waals surface area contributed by atoms with Crippen molar-refractivity contribution >= 4 is 24.0 Å². The summed E-state index contributed by atoms with van der Waals surface area (Å²) in [4.78, 5) is 5.54. The van der Waals surface area contributed by atoms with E-state index in [1.165, 1.54) is 24.3 Å². The van der Waals surface area contributed by atoms with Crippen LogP contribution in [-0.4, -0.2) is 4.98 Å². The molecule has 5 heteroatoms. The minimum atomic E-state index is -0.303. The maximum atomic E-state index is 13.3. The Balaban J connectivity index is 1.80. The molecule has 0 spiro atoms. The molecule has 0 aliphatic carbocycles. The van der Waals surface area contributed by atoms with Crippen molar-refractivity contribution in [1.82, 2.24) is 4.98 Å². The van der Waals surface area contributed by atoms with Crippen molar-refractivity contribution in [2.75, 3.05) is 5.32 Å². The van der Waals surface area contributed by atoms with E-state index in [0.29, 0.717) is 11.4 Å². The number of hydrogen-bond donors (Lipinski definition) is 2. The van der Waals surface area contributed by atoms with Crippen LogP contribution in [0, 0.1) is 11.6 Å². The molecule has 1 heterocycles. The second-order valence-electron chi connectivity index (χ2n) is 6.32. The first-order valence-corrected chi connectivity index (χ1v) is 9.11. The first kappa shape index (κ1) is 18.2. The summed E-state index contributed by atoms with van der Waals surface area (Å²) >= 11 is 4.37. The summed E-state index contributed by atoms with van der Waals surface area (Å²) in [5.74, 6) is -0.607. The highest BCUT2D eigenvalue weighted by Crippen LogP contribution is 2.29. The Morgan fingerprint density at radius 3 is 1.68 bits per heavy atom. The van der Waals surface area contributed by atoms with Gasteiger partial charge in [-0.3, -0.25) is 0 Å². The molecule has 0 radical (unpaired) electrons. The van der Waals surface area contributed by atoms with Crippen LogP contribution in [0.3, 0.4) is 0 Å². The van der Waals surface area contributed by atoms with E-state index >= 15 is 0 Å². The van der Waals surface area contributed by atoms with Crippen LogP contribution >= 0.6 is 12.6 Å². The third kappa shape index (κ3) is 4.21. The average molecular weight is 390 g/mol. The summed E-state index contributed by atoms with van der Waals surface area (Å²) in [6.45, 7) is 0. The summed E-state index contributed by atoms with van der Waals surface area (Å²) in [5, 5.41) is 3.35. The lowest BCUT2D eigenvalue weighted by Crippen LogP contribution is -1.95. The molecule has 2 nitrogen and oxygen atoms in total. The van der Waals surface area contributed by atoms with Crippen LogP contribution in [0.15, 0.2) is 89.8 Å². The number of pyridine rings is 1. The van der Waals surface area contributed by atoms with E-state index in [-0.39, 0.29) is 11.6 Å². The van der Waals surface area contributed by atoms with Crippen molar-refractivity contribution in [1.29, 1.82) is 0 Å². The van der Waals surface area contributed by atoms with Crippen molar-refractivity contribution in [3.05, 3.63) is 96.6 Å². The van der Waals surface area contributed by atoms with E-state index in [4.69, 9.17) is 4.98 Å². The largest absolute Gasteiger partial charge is 0.355 e. The summed E-state index contributed by atoms with van der Waals surface area (Å²) in [5.41, 5.74) is 4.65. The molecule has 0 amide bonds. The van der Waals surface area contributed by atoms with Crippen LogP contribution in [0.5, 0.6) is 0 Å². The smallest absolute Gasteiger partial charge is 0.123 e. The Morgan fingerprint density at radius 1 is 0.643 bits per heavy atom. The molecule has 3 aromatic carbocycles. The second-order valence-corrected chi connectivity index (χ2v) is 6.83. The molecule has 28 heavy (non-hydrogen) atoms. The number of benzene rings is 3. The van der Waals surface area contributed by atoms with Gasteiger partial charge < -0.3 is 5.32 Å². The first-order valence-electron chi connectivity index (χ1n) is 8.67. The third-order valence-electron chi connectivity index (χ3n) is 4.24. The van der Waals surface area contributed by atoms with Gasteiger partial charge in [0.1, 0.15) is 11.6 Å². The fourth-order valence-corrected chi connectivity index (χ4v) is 3.12. The molecular formula is C23H16F2N2S. The minimum Gasteiger partial charge on any atom is -0.355 e. The van der Waals surface area contributed by atoms with Crippen LogP contribution in [0.1, 0.15) is 0 Å². The highest BCUT2D eigenvalue weighted by molar-refractivity contribution is 7.80. The molecule has 0 aliphatic heterocycles. The summed E-state index contributed by atoms with van der Waals surface area (Å²) in [6.07, 6.45) is 0. The maximum Gasteiger partial charge on any atom is 0.123 e. The van der Waals surface area contributed by atoms with Crippen molar-refractivity contribution in [2.45, 2.75) is 4.90 Å². The van der Waals surface area contributed by atoms with Crippen LogP contribution in [0.25, 0.3) is 22.5 Å². The highest BCUT2D eigenvalue weighted by atomic mass is 32.1. The van der Waals surface area contributed by atoms with E-state index in [9.17, 15) is 8.78 Å². The van der Waals surface area contributed by atoms with Crippen LogP contribution in [0.4, 0.5) is 20.2 Å². The number of rotatable bonds is 4. The van der Waals surface area contributed by atoms with Gasteiger partial charge in [0.2, 0.25) is 0 Å². The van der Waals surface area contributed by atoms with Crippen molar-refractivity contribution in [3.8, 4) is 22.5 Å². The molecule has 0 bridgehead atoms. The lowest BCUT2D eigenvalue weighted by molar-refractivity contribution is 0.627. The number of thiol groups is 1. The van der Waals surface area contributed by atoms with Gasteiger partial charge in [0, 0.05) is 27.4 Å². The standard InChI is InChI=1S/C23H16F2N2S/c24-17-8-4-15(5-9-17)22-13-20(26-19-2-1-3-21(28)12-19)14-23(27-22)16-6-10-18(25)11-7-16/h1-14,28H,(H,26,27). The van der Waals surface area contributed by atoms with Crippen molar-refractivity contribution < 1.29 is 8.78 Å². The molecule has 1 aromatic heterocycles. The predicted octanol–water partition coefficient (Wildman–Crippen LogP) is 6.73. The van der Waals surface area contributed by atoms with E-state index < -0.39 is 0 Å². The van der Waals surface area contributed by atoms with Gasteiger partial charge in [0.25, 0.3) is 0 Å². The molecule has 0 atom stereocenters. The zero-order chi connectivity index (χ0) is 19.5. The summed E-state index contributed by atoms with van der Waals surface area (Å²) < 4.78 is 26.6. The molecule has 4 rings (SSSR count). The normalized spacial score (nSPS) is 10.7. The van der Waals surface area contributed by atoms with Crippen molar-refractivity contribution in [2.24, 2.45) is 0 Å². The van der Waals surface area contributed by atoms with Crippen LogP contribution in [-0.2, 0) is 0 Å². The molecule has 4 aromatic rings. The van der Waals surface area contributed by atoms with Gasteiger partial charge in [-0.25, -0.2) is 13.8 Å². The number of anilines is 2. The maximum absolute atomic E-state index is 13.3. The molecule has 138 valence electrons. The number of nitrogens with one attached hydrogen (secondary N) is 1. The zero-order valence-electron chi connectivity index (χ0n) is 14.7. The topological polar surface area (TPSA) is 24.9 Å². The summed E-state index contributed by atoms with van der Waals surface area (Å²) in [7, 11) is 0. The highest BCUT2D eigenvalue weighted by Gasteiger charge is 2.09. The van der Waals surface area contributed by atoms with Gasteiger partial charge in [-0.2, -0.15) is 0 Å². The van der Waals surface area contributed by atoms with Gasteiger partial charge in [-0.1, -0.05) is 6.07 Å². The fourth-order valence-electron chi connectivity index (χ4n) is 2.89.